The maximum absolute atomic E-state index is 13.2. The quantitative estimate of drug-likeness (QED) is 0.696. The van der Waals surface area contributed by atoms with Gasteiger partial charge in [0.15, 0.2) is 5.03 Å². The second kappa shape index (κ2) is 7.32. The summed E-state index contributed by atoms with van der Waals surface area (Å²) in [7, 11) is -3.81. The molecule has 0 spiro atoms. The number of rotatable bonds is 5. The number of halogens is 1. The average molecular weight is 414 g/mol. The maximum Gasteiger partial charge on any atom is 0.283 e. The van der Waals surface area contributed by atoms with Gasteiger partial charge < -0.3 is 9.88 Å². The van der Waals surface area contributed by atoms with Gasteiger partial charge in [-0.05, 0) is 48.7 Å². The van der Waals surface area contributed by atoms with Crippen molar-refractivity contribution in [1.29, 1.82) is 0 Å². The van der Waals surface area contributed by atoms with Crippen LogP contribution in [0.15, 0.2) is 60.0 Å². The molecule has 0 saturated carbocycles. The summed E-state index contributed by atoms with van der Waals surface area (Å²) in [5.74, 6) is -0.749. The van der Waals surface area contributed by atoms with Crippen molar-refractivity contribution in [2.45, 2.75) is 24.9 Å². The highest BCUT2D eigenvalue weighted by Gasteiger charge is 2.32. The first kappa shape index (κ1) is 19.1. The average Bonchev–Trinajstić information content (AvgIpc) is 3.31. The highest BCUT2D eigenvalue weighted by atomic mass is 32.2. The highest BCUT2D eigenvalue weighted by molar-refractivity contribution is 7.92. The third-order valence-corrected chi connectivity index (χ3v) is 6.50. The molecule has 0 fully saturated rings. The first-order valence-electron chi connectivity index (χ1n) is 9.03. The summed E-state index contributed by atoms with van der Waals surface area (Å²) >= 11 is 0. The van der Waals surface area contributed by atoms with Crippen molar-refractivity contribution in [1.82, 2.24) is 9.55 Å². The summed E-state index contributed by atoms with van der Waals surface area (Å²) in [5, 5.41) is 2.58. The molecule has 1 aromatic heterocycles. The van der Waals surface area contributed by atoms with Crippen molar-refractivity contribution in [3.05, 3.63) is 71.9 Å². The molecular weight excluding hydrogens is 395 g/mol. The molecule has 4 rings (SSSR count). The lowest BCUT2D eigenvalue weighted by molar-refractivity contribution is -0.116. The molecule has 1 amide bonds. The minimum Gasteiger partial charge on any atom is -0.327 e. The Labute approximate surface area is 167 Å². The number of hydrogen-bond acceptors (Lipinski definition) is 4. The molecule has 1 aliphatic rings. The number of para-hydroxylation sites is 1. The van der Waals surface area contributed by atoms with Crippen LogP contribution in [0.5, 0.6) is 0 Å². The van der Waals surface area contributed by atoms with Gasteiger partial charge in [-0.15, -0.1) is 0 Å². The zero-order valence-corrected chi connectivity index (χ0v) is 16.5. The van der Waals surface area contributed by atoms with Gasteiger partial charge >= 0.3 is 0 Å². The zero-order chi connectivity index (χ0) is 20.6. The number of aromatic nitrogens is 2. The number of aryl methyl sites for hydroxylation is 1. The van der Waals surface area contributed by atoms with Gasteiger partial charge in [0.1, 0.15) is 12.4 Å². The Bertz CT molecular complexity index is 1190. The number of anilines is 2. The van der Waals surface area contributed by atoms with Crippen molar-refractivity contribution in [3.63, 3.8) is 0 Å². The molecule has 0 bridgehead atoms. The Morgan fingerprint density at radius 2 is 2.03 bits per heavy atom. The van der Waals surface area contributed by atoms with E-state index in [0.717, 1.165) is 5.56 Å². The normalized spacial score (nSPS) is 13.4. The Balaban J connectivity index is 1.49. The number of sulfonamides is 1. The lowest BCUT2D eigenvalue weighted by atomic mass is 10.2. The Hall–Kier alpha value is -3.20. The van der Waals surface area contributed by atoms with E-state index in [2.05, 4.69) is 10.3 Å². The number of fused-ring (bicyclic) bond motifs is 1. The minimum absolute atomic E-state index is 0.111. The van der Waals surface area contributed by atoms with Crippen LogP contribution in [0.3, 0.4) is 0 Å². The Morgan fingerprint density at radius 3 is 2.83 bits per heavy atom. The second-order valence-electron chi connectivity index (χ2n) is 6.85. The summed E-state index contributed by atoms with van der Waals surface area (Å²) in [6, 6.07) is 11.4. The number of amides is 1. The lowest BCUT2D eigenvalue weighted by Gasteiger charge is -2.17. The van der Waals surface area contributed by atoms with Gasteiger partial charge in [0, 0.05) is 18.4 Å². The summed E-state index contributed by atoms with van der Waals surface area (Å²) < 4.78 is 41.9. The summed E-state index contributed by atoms with van der Waals surface area (Å²) in [6.07, 6.45) is 3.30. The number of nitrogens with one attached hydrogen (secondary N) is 1. The summed E-state index contributed by atoms with van der Waals surface area (Å²) in [5.41, 5.74) is 2.73. The third kappa shape index (κ3) is 3.73. The van der Waals surface area contributed by atoms with Crippen LogP contribution in [0.1, 0.15) is 11.1 Å². The van der Waals surface area contributed by atoms with Crippen LogP contribution in [0.25, 0.3) is 0 Å². The SMILES string of the molecule is Cc1cc(F)ccc1NC(=O)Cn1cnc(S(=O)(=O)N2CCc3ccccc32)c1. The number of carbonyl (C=O) groups is 1. The fourth-order valence-electron chi connectivity index (χ4n) is 3.35. The van der Waals surface area contributed by atoms with Gasteiger partial charge in [0.25, 0.3) is 10.0 Å². The van der Waals surface area contributed by atoms with Crippen LogP contribution in [0.4, 0.5) is 15.8 Å². The summed E-state index contributed by atoms with van der Waals surface area (Å²) in [4.78, 5) is 16.3. The smallest absolute Gasteiger partial charge is 0.283 e. The van der Waals surface area contributed by atoms with E-state index >= 15 is 0 Å². The molecule has 2 heterocycles. The topological polar surface area (TPSA) is 84.3 Å². The van der Waals surface area contributed by atoms with Crippen molar-refractivity contribution < 1.29 is 17.6 Å². The van der Waals surface area contributed by atoms with E-state index in [-0.39, 0.29) is 23.3 Å². The van der Waals surface area contributed by atoms with Gasteiger partial charge in [-0.25, -0.2) is 9.37 Å². The van der Waals surface area contributed by atoms with Gasteiger partial charge in [-0.2, -0.15) is 8.42 Å². The number of benzene rings is 2. The molecule has 0 atom stereocenters. The minimum atomic E-state index is -3.81. The van der Waals surface area contributed by atoms with Gasteiger partial charge in [0.2, 0.25) is 5.91 Å². The van der Waals surface area contributed by atoms with E-state index in [0.29, 0.717) is 29.9 Å². The fraction of sp³-hybridized carbons (Fsp3) is 0.200. The van der Waals surface area contributed by atoms with E-state index in [1.807, 2.05) is 12.1 Å². The molecule has 1 N–H and O–H groups in total. The highest BCUT2D eigenvalue weighted by Crippen LogP contribution is 2.32. The standard InChI is InChI=1S/C20H19FN4O3S/c1-14-10-16(21)6-7-17(14)23-19(26)11-24-12-20(22-13-24)29(27,28)25-9-8-15-4-2-3-5-18(15)25/h2-7,10,12-13H,8-9,11H2,1H3,(H,23,26). The second-order valence-corrected chi connectivity index (χ2v) is 8.66. The fourth-order valence-corrected chi connectivity index (χ4v) is 4.80. The molecule has 7 nitrogen and oxygen atoms in total. The monoisotopic (exact) mass is 414 g/mol. The lowest BCUT2D eigenvalue weighted by Crippen LogP contribution is -2.29. The van der Waals surface area contributed by atoms with Crippen molar-refractivity contribution >= 4 is 27.3 Å². The van der Waals surface area contributed by atoms with Crippen LogP contribution >= 0.6 is 0 Å². The molecule has 0 saturated heterocycles. The largest absolute Gasteiger partial charge is 0.327 e. The zero-order valence-electron chi connectivity index (χ0n) is 15.7. The van der Waals surface area contributed by atoms with Gasteiger partial charge in [0.05, 0.1) is 12.0 Å². The third-order valence-electron chi connectivity index (χ3n) is 4.80. The predicted molar refractivity (Wildman–Crippen MR) is 107 cm³/mol. The number of imidazole rings is 1. The van der Waals surface area contributed by atoms with E-state index in [4.69, 9.17) is 0 Å². The number of hydrogen-bond donors (Lipinski definition) is 1. The molecule has 3 aromatic rings. The Kier molecular flexibility index (Phi) is 4.83. The molecule has 1 aliphatic heterocycles. The molecule has 29 heavy (non-hydrogen) atoms. The van der Waals surface area contributed by atoms with Gasteiger partial charge in [-0.3, -0.25) is 9.10 Å². The number of carbonyl (C=O) groups excluding carboxylic acids is 1. The van der Waals surface area contributed by atoms with Crippen LogP contribution in [0.2, 0.25) is 0 Å². The maximum atomic E-state index is 13.2. The van der Waals surface area contributed by atoms with E-state index in [1.54, 1.807) is 19.1 Å². The van der Waals surface area contributed by atoms with Crippen LogP contribution < -0.4 is 9.62 Å². The van der Waals surface area contributed by atoms with Crippen molar-refractivity contribution in [3.8, 4) is 0 Å². The van der Waals surface area contributed by atoms with Crippen LogP contribution in [0, 0.1) is 12.7 Å². The van der Waals surface area contributed by atoms with E-state index in [1.165, 1.54) is 39.6 Å². The summed E-state index contributed by atoms with van der Waals surface area (Å²) in [6.45, 7) is 1.93. The van der Waals surface area contributed by atoms with Crippen LogP contribution in [-0.4, -0.2) is 30.4 Å². The molecule has 150 valence electrons. The molecular formula is C20H19FN4O3S. The van der Waals surface area contributed by atoms with Crippen LogP contribution in [-0.2, 0) is 27.8 Å². The first-order valence-corrected chi connectivity index (χ1v) is 10.5. The molecule has 0 aliphatic carbocycles. The van der Waals surface area contributed by atoms with E-state index in [9.17, 15) is 17.6 Å². The Morgan fingerprint density at radius 1 is 1.24 bits per heavy atom. The number of nitrogens with zero attached hydrogens (tertiary/aromatic N) is 3. The van der Waals surface area contributed by atoms with E-state index < -0.39 is 10.0 Å². The van der Waals surface area contributed by atoms with Crippen molar-refractivity contribution in [2.24, 2.45) is 0 Å². The van der Waals surface area contributed by atoms with Crippen molar-refractivity contribution in [2.75, 3.05) is 16.2 Å². The molecule has 0 unspecified atom stereocenters. The predicted octanol–water partition coefficient (Wildman–Crippen LogP) is 2.72. The molecule has 9 heteroatoms. The molecule has 0 radical (unpaired) electrons. The van der Waals surface area contributed by atoms with Gasteiger partial charge in [-0.1, -0.05) is 18.2 Å². The molecule has 2 aromatic carbocycles. The first-order chi connectivity index (χ1) is 13.8.